The number of nitrogens with one attached hydrogen (secondary N) is 2. The number of benzene rings is 1. The van der Waals surface area contributed by atoms with Crippen molar-refractivity contribution in [1.82, 2.24) is 10.6 Å². The van der Waals surface area contributed by atoms with E-state index in [0.717, 1.165) is 43.0 Å². The van der Waals surface area contributed by atoms with Gasteiger partial charge in [0.15, 0.2) is 5.96 Å². The molecule has 0 amide bonds. The van der Waals surface area contributed by atoms with E-state index in [-0.39, 0.29) is 6.54 Å². The van der Waals surface area contributed by atoms with Crippen molar-refractivity contribution in [2.45, 2.75) is 32.0 Å². The molecule has 0 fully saturated rings. The lowest BCUT2D eigenvalue weighted by Crippen LogP contribution is -2.39. The molecular formula is C20H26F3N3OS. The fourth-order valence-electron chi connectivity index (χ4n) is 2.53. The van der Waals surface area contributed by atoms with Gasteiger partial charge in [0.1, 0.15) is 5.76 Å². The van der Waals surface area contributed by atoms with Crippen LogP contribution in [-0.4, -0.2) is 31.1 Å². The van der Waals surface area contributed by atoms with Crippen LogP contribution in [-0.2, 0) is 19.1 Å². The van der Waals surface area contributed by atoms with Crippen molar-refractivity contribution in [3.63, 3.8) is 0 Å². The lowest BCUT2D eigenvalue weighted by molar-refractivity contribution is -0.137. The lowest BCUT2D eigenvalue weighted by Gasteiger charge is -2.13. The molecule has 0 aliphatic carbocycles. The van der Waals surface area contributed by atoms with Crippen molar-refractivity contribution in [2.24, 2.45) is 4.99 Å². The van der Waals surface area contributed by atoms with E-state index in [1.165, 1.54) is 6.07 Å². The largest absolute Gasteiger partial charge is 0.469 e. The highest BCUT2D eigenvalue weighted by molar-refractivity contribution is 7.98. The predicted molar refractivity (Wildman–Crippen MR) is 109 cm³/mol. The molecule has 0 bridgehead atoms. The highest BCUT2D eigenvalue weighted by atomic mass is 32.2. The number of hydrogen-bond acceptors (Lipinski definition) is 3. The quantitative estimate of drug-likeness (QED) is 0.336. The first kappa shape index (κ1) is 22.2. The van der Waals surface area contributed by atoms with E-state index < -0.39 is 11.7 Å². The summed E-state index contributed by atoms with van der Waals surface area (Å²) in [6.07, 6.45) is 2.15. The number of halogens is 3. The van der Waals surface area contributed by atoms with Crippen LogP contribution in [0.2, 0.25) is 0 Å². The Hall–Kier alpha value is -2.09. The molecule has 1 heterocycles. The minimum atomic E-state index is -4.35. The van der Waals surface area contributed by atoms with Crippen LogP contribution in [0.4, 0.5) is 13.2 Å². The second-order valence-electron chi connectivity index (χ2n) is 6.25. The molecule has 0 spiro atoms. The lowest BCUT2D eigenvalue weighted by atomic mass is 10.1. The Labute approximate surface area is 168 Å². The number of rotatable bonds is 10. The van der Waals surface area contributed by atoms with Crippen molar-refractivity contribution in [3.05, 3.63) is 59.5 Å². The maximum absolute atomic E-state index is 12.9. The van der Waals surface area contributed by atoms with Gasteiger partial charge in [0, 0.05) is 19.5 Å². The smallest absolute Gasteiger partial charge is 0.416 e. The Morgan fingerprint density at radius 2 is 1.93 bits per heavy atom. The number of hydrogen-bond donors (Lipinski definition) is 2. The molecule has 0 aliphatic heterocycles. The van der Waals surface area contributed by atoms with E-state index in [9.17, 15) is 13.2 Å². The van der Waals surface area contributed by atoms with E-state index >= 15 is 0 Å². The van der Waals surface area contributed by atoms with E-state index in [2.05, 4.69) is 21.9 Å². The second kappa shape index (κ2) is 11.7. The van der Waals surface area contributed by atoms with Gasteiger partial charge in [-0.1, -0.05) is 12.1 Å². The highest BCUT2D eigenvalue weighted by Gasteiger charge is 2.30. The van der Waals surface area contributed by atoms with Crippen LogP contribution in [0.3, 0.4) is 0 Å². The SMILES string of the molecule is CSCCCCNC(=NCc1cccc(C(F)(F)F)c1)NCCc1ccco1. The third-order valence-electron chi connectivity index (χ3n) is 3.99. The summed E-state index contributed by atoms with van der Waals surface area (Å²) in [5, 5.41) is 6.47. The summed E-state index contributed by atoms with van der Waals surface area (Å²) < 4.78 is 43.9. The van der Waals surface area contributed by atoms with Crippen molar-refractivity contribution in [1.29, 1.82) is 0 Å². The molecule has 1 aromatic carbocycles. The highest BCUT2D eigenvalue weighted by Crippen LogP contribution is 2.29. The van der Waals surface area contributed by atoms with Gasteiger partial charge in [-0.3, -0.25) is 0 Å². The fourth-order valence-corrected chi connectivity index (χ4v) is 3.02. The van der Waals surface area contributed by atoms with Crippen LogP contribution in [0, 0.1) is 0 Å². The monoisotopic (exact) mass is 413 g/mol. The maximum atomic E-state index is 12.9. The van der Waals surface area contributed by atoms with Crippen LogP contribution in [0.1, 0.15) is 29.7 Å². The summed E-state index contributed by atoms with van der Waals surface area (Å²) in [4.78, 5) is 4.45. The summed E-state index contributed by atoms with van der Waals surface area (Å²) in [6, 6.07) is 9.01. The summed E-state index contributed by atoms with van der Waals surface area (Å²) in [7, 11) is 0. The van der Waals surface area contributed by atoms with E-state index in [0.29, 0.717) is 24.5 Å². The fraction of sp³-hybridized carbons (Fsp3) is 0.450. The summed E-state index contributed by atoms with van der Waals surface area (Å²) in [6.45, 7) is 1.55. The summed E-state index contributed by atoms with van der Waals surface area (Å²) in [5.74, 6) is 2.56. The molecule has 0 unspecified atom stereocenters. The Bertz CT molecular complexity index is 718. The summed E-state index contributed by atoms with van der Waals surface area (Å²) in [5.41, 5.74) is -0.137. The first-order valence-electron chi connectivity index (χ1n) is 9.18. The zero-order chi connectivity index (χ0) is 20.2. The first-order chi connectivity index (χ1) is 13.5. The van der Waals surface area contributed by atoms with Gasteiger partial charge in [-0.15, -0.1) is 0 Å². The van der Waals surface area contributed by atoms with Gasteiger partial charge in [0.2, 0.25) is 0 Å². The normalized spacial score (nSPS) is 12.2. The van der Waals surface area contributed by atoms with E-state index in [1.54, 1.807) is 12.3 Å². The zero-order valence-corrected chi connectivity index (χ0v) is 16.7. The van der Waals surface area contributed by atoms with Crippen molar-refractivity contribution < 1.29 is 17.6 Å². The molecule has 2 aromatic rings. The number of furan rings is 1. The number of thioether (sulfide) groups is 1. The van der Waals surface area contributed by atoms with Gasteiger partial charge in [-0.05, 0) is 54.7 Å². The van der Waals surface area contributed by atoms with Gasteiger partial charge in [-0.2, -0.15) is 24.9 Å². The molecule has 0 saturated carbocycles. The number of guanidine groups is 1. The first-order valence-corrected chi connectivity index (χ1v) is 10.6. The summed E-state index contributed by atoms with van der Waals surface area (Å²) >= 11 is 1.81. The van der Waals surface area contributed by atoms with Crippen LogP contribution in [0.5, 0.6) is 0 Å². The molecule has 2 rings (SSSR count). The third-order valence-corrected chi connectivity index (χ3v) is 4.68. The van der Waals surface area contributed by atoms with Gasteiger partial charge in [0.05, 0.1) is 18.4 Å². The van der Waals surface area contributed by atoms with Gasteiger partial charge >= 0.3 is 6.18 Å². The molecule has 1 aromatic heterocycles. The molecule has 4 nitrogen and oxygen atoms in total. The van der Waals surface area contributed by atoms with Crippen molar-refractivity contribution >= 4 is 17.7 Å². The zero-order valence-electron chi connectivity index (χ0n) is 15.9. The topological polar surface area (TPSA) is 49.6 Å². The maximum Gasteiger partial charge on any atom is 0.416 e. The van der Waals surface area contributed by atoms with Gasteiger partial charge in [0.25, 0.3) is 0 Å². The van der Waals surface area contributed by atoms with Crippen molar-refractivity contribution in [2.75, 3.05) is 25.1 Å². The molecule has 8 heteroatoms. The molecule has 0 radical (unpaired) electrons. The van der Waals surface area contributed by atoms with Crippen LogP contribution in [0.15, 0.2) is 52.1 Å². The minimum Gasteiger partial charge on any atom is -0.469 e. The number of nitrogens with zero attached hydrogens (tertiary/aromatic N) is 1. The van der Waals surface area contributed by atoms with E-state index in [1.807, 2.05) is 23.9 Å². The predicted octanol–water partition coefficient (Wildman–Crippen LogP) is 4.72. The Kier molecular flexibility index (Phi) is 9.27. The van der Waals surface area contributed by atoms with Crippen LogP contribution in [0.25, 0.3) is 0 Å². The average molecular weight is 414 g/mol. The molecule has 2 N–H and O–H groups in total. The standard InChI is InChI=1S/C20H26F3N3OS/c1-28-13-3-2-10-24-19(25-11-9-18-8-5-12-27-18)26-15-16-6-4-7-17(14-16)20(21,22)23/h4-8,12,14H,2-3,9-11,13,15H2,1H3,(H2,24,25,26). The van der Waals surface area contributed by atoms with Gasteiger partial charge < -0.3 is 15.1 Å². The Morgan fingerprint density at radius 3 is 2.64 bits per heavy atom. The van der Waals surface area contributed by atoms with Crippen molar-refractivity contribution in [3.8, 4) is 0 Å². The molecular weight excluding hydrogens is 387 g/mol. The number of alkyl halides is 3. The molecule has 0 atom stereocenters. The van der Waals surface area contributed by atoms with E-state index in [4.69, 9.17) is 4.42 Å². The molecule has 0 aliphatic rings. The molecule has 0 saturated heterocycles. The third kappa shape index (κ3) is 8.29. The Balaban J connectivity index is 1.93. The van der Waals surface area contributed by atoms with Crippen LogP contribution < -0.4 is 10.6 Å². The van der Waals surface area contributed by atoms with Gasteiger partial charge in [-0.25, -0.2) is 4.99 Å². The molecule has 28 heavy (non-hydrogen) atoms. The minimum absolute atomic E-state index is 0.171. The number of unbranched alkanes of at least 4 members (excludes halogenated alkanes) is 1. The van der Waals surface area contributed by atoms with Crippen LogP contribution >= 0.6 is 11.8 Å². The molecule has 154 valence electrons. The Morgan fingerprint density at radius 1 is 1.11 bits per heavy atom. The second-order valence-corrected chi connectivity index (χ2v) is 7.23. The average Bonchev–Trinajstić information content (AvgIpc) is 3.18. The number of aliphatic imine (C=N–C) groups is 1.